The van der Waals surface area contributed by atoms with E-state index in [0.29, 0.717) is 29.9 Å². The number of nitrogens with two attached hydrogens (primary N) is 1. The number of fused-ring (bicyclic) bond motifs is 1. The summed E-state index contributed by atoms with van der Waals surface area (Å²) in [6.45, 7) is 3.41. The normalized spacial score (nSPS) is 17.2. The van der Waals surface area contributed by atoms with E-state index in [0.717, 1.165) is 16.7 Å². The Hall–Kier alpha value is -4.24. The maximum absolute atomic E-state index is 13.7. The van der Waals surface area contributed by atoms with Gasteiger partial charge in [-0.3, -0.25) is 9.59 Å². The van der Waals surface area contributed by atoms with Crippen LogP contribution in [0.15, 0.2) is 66.7 Å². The molecule has 0 aliphatic carbocycles. The van der Waals surface area contributed by atoms with Crippen LogP contribution in [0.5, 0.6) is 0 Å². The van der Waals surface area contributed by atoms with E-state index in [1.807, 2.05) is 30.3 Å². The van der Waals surface area contributed by atoms with Gasteiger partial charge >= 0.3 is 6.03 Å². The van der Waals surface area contributed by atoms with Gasteiger partial charge in [0.2, 0.25) is 11.8 Å². The van der Waals surface area contributed by atoms with Crippen molar-refractivity contribution < 1.29 is 18.8 Å². The summed E-state index contributed by atoms with van der Waals surface area (Å²) in [4.78, 5) is 38.1. The molecule has 0 radical (unpaired) electrons. The van der Waals surface area contributed by atoms with Crippen molar-refractivity contribution in [2.45, 2.75) is 32.2 Å². The summed E-state index contributed by atoms with van der Waals surface area (Å²) in [5.74, 6) is -2.04. The van der Waals surface area contributed by atoms with Crippen molar-refractivity contribution in [3.8, 4) is 11.1 Å². The molecule has 4 rings (SSSR count). The smallest absolute Gasteiger partial charge is 0.318 e. The van der Waals surface area contributed by atoms with Crippen molar-refractivity contribution in [1.29, 1.82) is 0 Å². The monoisotopic (exact) mass is 517 g/mol. The molecule has 3 aromatic rings. The van der Waals surface area contributed by atoms with Gasteiger partial charge in [0.25, 0.3) is 0 Å². The van der Waals surface area contributed by atoms with Crippen LogP contribution >= 0.6 is 0 Å². The Bertz CT molecular complexity index is 1360. The first-order valence-electron chi connectivity index (χ1n) is 12.5. The fourth-order valence-electron chi connectivity index (χ4n) is 4.69. The van der Waals surface area contributed by atoms with Gasteiger partial charge in [-0.15, -0.1) is 0 Å². The predicted molar refractivity (Wildman–Crippen MR) is 147 cm³/mol. The third kappa shape index (κ3) is 5.68. The molecule has 2 unspecified atom stereocenters. The standard InChI is InChI=1S/C29H32FN5O3/c1-17(22-14-10-19-16-20(30)11-15-24(19)34-26(22)36)29(2,31)27(37)33-21-12-8-18(9-13-21)23-6-4-5-7-25(23)35-28(38)32-3/h4-9,11-13,15-17,22H,10,14,31H2,1-3H3,(H,33,37)(H,34,36)(H2,32,35,38)/t17-,22?,29?/m1/s1. The number of carbonyl (C=O) groups is 3. The van der Waals surface area contributed by atoms with Gasteiger partial charge in [-0.1, -0.05) is 37.3 Å². The van der Waals surface area contributed by atoms with Crippen molar-refractivity contribution in [2.75, 3.05) is 23.0 Å². The molecule has 0 fully saturated rings. The number of urea groups is 1. The quantitative estimate of drug-likeness (QED) is 0.324. The molecule has 0 saturated heterocycles. The number of hydrogen-bond donors (Lipinski definition) is 5. The second kappa shape index (κ2) is 11.0. The SMILES string of the molecule is CNC(=O)Nc1ccccc1-c1ccc(NC(=O)C(C)(N)[C@H](C)C2CCc3cc(F)ccc3NC2=O)cc1. The molecule has 1 aliphatic rings. The average Bonchev–Trinajstić information content (AvgIpc) is 3.06. The van der Waals surface area contributed by atoms with Crippen LogP contribution < -0.4 is 27.0 Å². The first-order valence-corrected chi connectivity index (χ1v) is 12.5. The number of para-hydroxylation sites is 1. The zero-order chi connectivity index (χ0) is 27.4. The predicted octanol–water partition coefficient (Wildman–Crippen LogP) is 4.74. The molecule has 0 aromatic heterocycles. The number of amides is 4. The Kier molecular flexibility index (Phi) is 7.78. The van der Waals surface area contributed by atoms with Crippen LogP contribution in [-0.2, 0) is 16.0 Å². The molecule has 6 N–H and O–H groups in total. The van der Waals surface area contributed by atoms with Gasteiger partial charge in [-0.25, -0.2) is 9.18 Å². The number of halogens is 1. The lowest BCUT2D eigenvalue weighted by Crippen LogP contribution is -2.56. The van der Waals surface area contributed by atoms with Gasteiger partial charge in [-0.2, -0.15) is 0 Å². The minimum Gasteiger partial charge on any atom is -0.341 e. The highest BCUT2D eigenvalue weighted by atomic mass is 19.1. The van der Waals surface area contributed by atoms with Gasteiger partial charge < -0.3 is 27.0 Å². The van der Waals surface area contributed by atoms with E-state index in [1.165, 1.54) is 12.1 Å². The lowest BCUT2D eigenvalue weighted by molar-refractivity contribution is -0.126. The van der Waals surface area contributed by atoms with E-state index >= 15 is 0 Å². The van der Waals surface area contributed by atoms with Gasteiger partial charge in [0.05, 0.1) is 11.2 Å². The largest absolute Gasteiger partial charge is 0.341 e. The third-order valence-corrected chi connectivity index (χ3v) is 7.28. The molecule has 198 valence electrons. The summed E-state index contributed by atoms with van der Waals surface area (Å²) in [5, 5.41) is 11.1. The van der Waals surface area contributed by atoms with Crippen molar-refractivity contribution in [2.24, 2.45) is 17.6 Å². The topological polar surface area (TPSA) is 125 Å². The number of hydrogen-bond acceptors (Lipinski definition) is 4. The van der Waals surface area contributed by atoms with Gasteiger partial charge in [-0.05, 0) is 73.2 Å². The average molecular weight is 518 g/mol. The maximum atomic E-state index is 13.7. The molecule has 4 amide bonds. The Morgan fingerprint density at radius 1 is 1.08 bits per heavy atom. The third-order valence-electron chi connectivity index (χ3n) is 7.28. The maximum Gasteiger partial charge on any atom is 0.318 e. The number of nitrogens with one attached hydrogen (secondary N) is 4. The summed E-state index contributed by atoms with van der Waals surface area (Å²) in [7, 11) is 1.55. The summed E-state index contributed by atoms with van der Waals surface area (Å²) in [6.07, 6.45) is 0.942. The van der Waals surface area contributed by atoms with Crippen LogP contribution in [0.3, 0.4) is 0 Å². The van der Waals surface area contributed by atoms with E-state index in [4.69, 9.17) is 5.73 Å². The lowest BCUT2D eigenvalue weighted by Gasteiger charge is -2.34. The lowest BCUT2D eigenvalue weighted by atomic mass is 9.75. The molecule has 3 aromatic carbocycles. The number of rotatable bonds is 6. The Morgan fingerprint density at radius 3 is 2.50 bits per heavy atom. The zero-order valence-electron chi connectivity index (χ0n) is 21.6. The first kappa shape index (κ1) is 26.8. The molecule has 3 atom stereocenters. The first-order chi connectivity index (χ1) is 18.1. The summed E-state index contributed by atoms with van der Waals surface area (Å²) < 4.78 is 13.7. The molecule has 1 aliphatic heterocycles. The highest BCUT2D eigenvalue weighted by Gasteiger charge is 2.42. The Labute approximate surface area is 221 Å². The van der Waals surface area contributed by atoms with Crippen LogP contribution in [0, 0.1) is 17.7 Å². The van der Waals surface area contributed by atoms with E-state index in [-0.39, 0.29) is 17.8 Å². The van der Waals surface area contributed by atoms with Crippen molar-refractivity contribution in [3.63, 3.8) is 0 Å². The highest BCUT2D eigenvalue weighted by molar-refractivity contribution is 6.00. The molecule has 1 heterocycles. The number of aryl methyl sites for hydroxylation is 1. The second-order valence-corrected chi connectivity index (χ2v) is 9.79. The van der Waals surface area contributed by atoms with Crippen LogP contribution in [0.25, 0.3) is 11.1 Å². The molecular weight excluding hydrogens is 485 g/mol. The van der Waals surface area contributed by atoms with Crippen molar-refractivity contribution >= 4 is 34.9 Å². The molecular formula is C29H32FN5O3. The Balaban J connectivity index is 1.46. The van der Waals surface area contributed by atoms with Gasteiger partial charge in [0.1, 0.15) is 5.82 Å². The number of anilines is 3. The molecule has 0 spiro atoms. The van der Waals surface area contributed by atoms with Crippen LogP contribution in [0.1, 0.15) is 25.8 Å². The van der Waals surface area contributed by atoms with Gasteiger partial charge in [0, 0.05) is 29.9 Å². The minimum atomic E-state index is -1.35. The van der Waals surface area contributed by atoms with E-state index in [1.54, 1.807) is 45.2 Å². The number of carbonyl (C=O) groups excluding carboxylic acids is 3. The fraction of sp³-hybridized carbons (Fsp3) is 0.276. The zero-order valence-corrected chi connectivity index (χ0v) is 21.6. The minimum absolute atomic E-state index is 0.235. The van der Waals surface area contributed by atoms with E-state index in [9.17, 15) is 18.8 Å². The molecule has 38 heavy (non-hydrogen) atoms. The molecule has 0 bridgehead atoms. The number of benzene rings is 3. The molecule has 9 heteroatoms. The van der Waals surface area contributed by atoms with E-state index in [2.05, 4.69) is 21.3 Å². The summed E-state index contributed by atoms with van der Waals surface area (Å²) in [6, 6.07) is 18.6. The molecule has 0 saturated carbocycles. The van der Waals surface area contributed by atoms with Crippen LogP contribution in [0.2, 0.25) is 0 Å². The Morgan fingerprint density at radius 2 is 1.79 bits per heavy atom. The molecule has 8 nitrogen and oxygen atoms in total. The summed E-state index contributed by atoms with van der Waals surface area (Å²) in [5.41, 5.74) is 9.36. The van der Waals surface area contributed by atoms with Crippen molar-refractivity contribution in [1.82, 2.24) is 5.32 Å². The fourth-order valence-corrected chi connectivity index (χ4v) is 4.69. The second-order valence-electron chi connectivity index (χ2n) is 9.79. The van der Waals surface area contributed by atoms with E-state index < -0.39 is 23.3 Å². The summed E-state index contributed by atoms with van der Waals surface area (Å²) >= 11 is 0. The van der Waals surface area contributed by atoms with Crippen LogP contribution in [0.4, 0.5) is 26.2 Å². The van der Waals surface area contributed by atoms with Crippen LogP contribution in [-0.4, -0.2) is 30.4 Å². The van der Waals surface area contributed by atoms with Gasteiger partial charge in [0.15, 0.2) is 0 Å². The highest BCUT2D eigenvalue weighted by Crippen LogP contribution is 2.34. The van der Waals surface area contributed by atoms with Crippen molar-refractivity contribution in [3.05, 3.63) is 78.1 Å².